The predicted molar refractivity (Wildman–Crippen MR) is 97.4 cm³/mol. The lowest BCUT2D eigenvalue weighted by Crippen LogP contribution is -2.17. The summed E-state index contributed by atoms with van der Waals surface area (Å²) in [5, 5.41) is 14.1. The van der Waals surface area contributed by atoms with Crippen LogP contribution in [0.15, 0.2) is 34.1 Å². The van der Waals surface area contributed by atoms with Crippen LogP contribution in [0.2, 0.25) is 0 Å². The van der Waals surface area contributed by atoms with Gasteiger partial charge in [-0.05, 0) is 52.2 Å². The van der Waals surface area contributed by atoms with Crippen molar-refractivity contribution in [3.8, 4) is 5.75 Å². The van der Waals surface area contributed by atoms with Crippen molar-refractivity contribution in [2.75, 3.05) is 5.73 Å². The number of anilines is 1. The first-order valence-corrected chi connectivity index (χ1v) is 8.40. The number of phenols is 1. The number of nitrogen functional groups attached to an aromatic ring is 1. The van der Waals surface area contributed by atoms with Crippen LogP contribution < -0.4 is 11.2 Å². The molecule has 0 radical (unpaired) electrons. The van der Waals surface area contributed by atoms with Crippen LogP contribution in [0.4, 0.5) is 5.82 Å². The van der Waals surface area contributed by atoms with E-state index in [1.807, 2.05) is 0 Å². The average Bonchev–Trinajstić information content (AvgIpc) is 2.89. The van der Waals surface area contributed by atoms with Crippen LogP contribution in [0.25, 0.3) is 10.2 Å². The number of nitrogens with one attached hydrogen (secondary N) is 1. The summed E-state index contributed by atoms with van der Waals surface area (Å²) in [5.41, 5.74) is 9.77. The second kappa shape index (κ2) is 6.54. The van der Waals surface area contributed by atoms with E-state index in [4.69, 9.17) is 5.73 Å². The van der Waals surface area contributed by atoms with Crippen molar-refractivity contribution in [2.45, 2.75) is 6.92 Å². The second-order valence-corrected chi connectivity index (χ2v) is 6.76. The van der Waals surface area contributed by atoms with E-state index in [2.05, 4.69) is 36.4 Å². The number of amides is 1. The summed E-state index contributed by atoms with van der Waals surface area (Å²) >= 11 is 4.46. The molecular formula is C15H12BrN5O2S. The maximum Gasteiger partial charge on any atom is 0.281 e. The molecule has 24 heavy (non-hydrogen) atoms. The maximum absolute atomic E-state index is 12.3. The van der Waals surface area contributed by atoms with Crippen molar-refractivity contribution < 1.29 is 9.90 Å². The van der Waals surface area contributed by atoms with Gasteiger partial charge in [0.2, 0.25) is 0 Å². The van der Waals surface area contributed by atoms with Gasteiger partial charge in [-0.3, -0.25) is 4.79 Å². The molecule has 0 aliphatic heterocycles. The quantitative estimate of drug-likeness (QED) is 0.457. The molecule has 3 aromatic rings. The summed E-state index contributed by atoms with van der Waals surface area (Å²) < 4.78 is 0.548. The van der Waals surface area contributed by atoms with Gasteiger partial charge in [-0.1, -0.05) is 0 Å². The number of nitrogens with two attached hydrogens (primary N) is 1. The molecular weight excluding hydrogens is 394 g/mol. The zero-order valence-corrected chi connectivity index (χ0v) is 14.8. The highest BCUT2D eigenvalue weighted by molar-refractivity contribution is 9.10. The third kappa shape index (κ3) is 3.08. The van der Waals surface area contributed by atoms with Crippen LogP contribution in [0.5, 0.6) is 5.75 Å². The Morgan fingerprint density at radius 2 is 2.25 bits per heavy atom. The number of halogens is 1. The smallest absolute Gasteiger partial charge is 0.281 e. The molecule has 122 valence electrons. The van der Waals surface area contributed by atoms with Gasteiger partial charge in [0.1, 0.15) is 22.7 Å². The van der Waals surface area contributed by atoms with Gasteiger partial charge in [-0.25, -0.2) is 15.4 Å². The van der Waals surface area contributed by atoms with Crippen molar-refractivity contribution in [3.63, 3.8) is 0 Å². The van der Waals surface area contributed by atoms with Gasteiger partial charge < -0.3 is 10.8 Å². The number of fused-ring (bicyclic) bond motifs is 1. The largest absolute Gasteiger partial charge is 0.507 e. The zero-order chi connectivity index (χ0) is 17.3. The minimum Gasteiger partial charge on any atom is -0.507 e. The maximum atomic E-state index is 12.3. The zero-order valence-electron chi connectivity index (χ0n) is 12.4. The SMILES string of the molecule is Cc1c(C(=O)N/N=C\c2ccc(O)c(Br)c2)sc2ncnc(N)c12. The molecule has 0 spiro atoms. The summed E-state index contributed by atoms with van der Waals surface area (Å²) in [5.74, 6) is 0.144. The molecule has 4 N–H and O–H groups in total. The molecule has 0 bridgehead atoms. The van der Waals surface area contributed by atoms with E-state index < -0.39 is 0 Å². The lowest BCUT2D eigenvalue weighted by Gasteiger charge is -2.00. The molecule has 1 aromatic carbocycles. The number of hydrogen-bond acceptors (Lipinski definition) is 7. The number of carbonyl (C=O) groups excluding carboxylic acids is 1. The molecule has 2 aromatic heterocycles. The topological polar surface area (TPSA) is 113 Å². The minimum absolute atomic E-state index is 0.135. The van der Waals surface area contributed by atoms with Crippen LogP contribution >= 0.6 is 27.3 Å². The molecule has 0 unspecified atom stereocenters. The van der Waals surface area contributed by atoms with Gasteiger partial charge in [-0.2, -0.15) is 5.10 Å². The van der Waals surface area contributed by atoms with E-state index in [-0.39, 0.29) is 11.7 Å². The third-order valence-corrected chi connectivity index (χ3v) is 5.15. The van der Waals surface area contributed by atoms with Crippen LogP contribution in [-0.2, 0) is 0 Å². The van der Waals surface area contributed by atoms with E-state index >= 15 is 0 Å². The number of nitrogens with zero attached hydrogens (tertiary/aromatic N) is 3. The Bertz CT molecular complexity index is 970. The van der Waals surface area contributed by atoms with Gasteiger partial charge >= 0.3 is 0 Å². The molecule has 0 aliphatic carbocycles. The highest BCUT2D eigenvalue weighted by Crippen LogP contribution is 2.31. The fraction of sp³-hybridized carbons (Fsp3) is 0.0667. The van der Waals surface area contributed by atoms with Crippen LogP contribution in [0.3, 0.4) is 0 Å². The molecule has 0 saturated heterocycles. The summed E-state index contributed by atoms with van der Waals surface area (Å²) in [6.45, 7) is 1.80. The first-order valence-electron chi connectivity index (χ1n) is 6.79. The lowest BCUT2D eigenvalue weighted by molar-refractivity contribution is 0.0958. The highest BCUT2D eigenvalue weighted by atomic mass is 79.9. The molecule has 0 saturated carbocycles. The molecule has 9 heteroatoms. The van der Waals surface area contributed by atoms with Crippen LogP contribution in [0, 0.1) is 6.92 Å². The number of aromatic hydroxyl groups is 1. The molecule has 0 aliphatic rings. The Balaban J connectivity index is 1.80. The Hall–Kier alpha value is -2.52. The summed E-state index contributed by atoms with van der Waals surface area (Å²) in [7, 11) is 0. The van der Waals surface area contributed by atoms with Crippen molar-refractivity contribution in [3.05, 3.63) is 45.0 Å². The van der Waals surface area contributed by atoms with Gasteiger partial charge in [0.25, 0.3) is 5.91 Å². The van der Waals surface area contributed by atoms with E-state index in [9.17, 15) is 9.90 Å². The molecule has 0 fully saturated rings. The summed E-state index contributed by atoms with van der Waals surface area (Å²) in [6, 6.07) is 4.90. The molecule has 1 amide bonds. The van der Waals surface area contributed by atoms with E-state index in [0.717, 1.165) is 11.1 Å². The van der Waals surface area contributed by atoms with Crippen LogP contribution in [0.1, 0.15) is 20.8 Å². The number of phenolic OH excluding ortho intramolecular Hbond substituents is 1. The van der Waals surface area contributed by atoms with Gasteiger partial charge in [0.15, 0.2) is 0 Å². The number of hydrazone groups is 1. The molecule has 0 atom stereocenters. The van der Waals surface area contributed by atoms with E-state index in [0.29, 0.717) is 25.4 Å². The van der Waals surface area contributed by atoms with E-state index in [1.54, 1.807) is 19.1 Å². The normalized spacial score (nSPS) is 11.2. The number of rotatable bonds is 3. The fourth-order valence-electron chi connectivity index (χ4n) is 2.14. The third-order valence-electron chi connectivity index (χ3n) is 3.31. The van der Waals surface area contributed by atoms with Crippen molar-refractivity contribution in [2.24, 2.45) is 5.10 Å². The Labute approximate surface area is 149 Å². The average molecular weight is 406 g/mol. The molecule has 3 rings (SSSR count). The number of carbonyl (C=O) groups is 1. The number of thiophene rings is 1. The number of hydrogen-bond donors (Lipinski definition) is 3. The summed E-state index contributed by atoms with van der Waals surface area (Å²) in [4.78, 5) is 21.5. The standard InChI is InChI=1S/C15H12BrN5O2S/c1-7-11-13(17)18-6-19-15(11)24-12(7)14(23)21-20-5-8-2-3-10(22)9(16)4-8/h2-6,22H,1H3,(H,21,23)(H2,17,18,19)/b20-5-. The highest BCUT2D eigenvalue weighted by Gasteiger charge is 2.17. The predicted octanol–water partition coefficient (Wildman–Crippen LogP) is 2.81. The van der Waals surface area contributed by atoms with Crippen LogP contribution in [-0.4, -0.2) is 27.2 Å². The summed E-state index contributed by atoms with van der Waals surface area (Å²) in [6.07, 6.45) is 2.86. The van der Waals surface area contributed by atoms with Gasteiger partial charge in [-0.15, -0.1) is 11.3 Å². The van der Waals surface area contributed by atoms with E-state index in [1.165, 1.54) is 29.9 Å². The minimum atomic E-state index is -0.344. The number of benzene rings is 1. The fourth-order valence-corrected chi connectivity index (χ4v) is 3.58. The Kier molecular flexibility index (Phi) is 4.45. The second-order valence-electron chi connectivity index (χ2n) is 4.91. The Morgan fingerprint density at radius 3 is 2.96 bits per heavy atom. The van der Waals surface area contributed by atoms with Crippen molar-refractivity contribution in [1.82, 2.24) is 15.4 Å². The first kappa shape index (κ1) is 16.3. The Morgan fingerprint density at radius 1 is 1.46 bits per heavy atom. The van der Waals surface area contributed by atoms with Crippen molar-refractivity contribution in [1.29, 1.82) is 0 Å². The molecule has 2 heterocycles. The number of aromatic nitrogens is 2. The monoisotopic (exact) mass is 405 g/mol. The van der Waals surface area contributed by atoms with Gasteiger partial charge in [0, 0.05) is 0 Å². The number of aryl methyl sites for hydroxylation is 1. The molecule has 7 nitrogen and oxygen atoms in total. The van der Waals surface area contributed by atoms with Gasteiger partial charge in [0.05, 0.1) is 21.0 Å². The lowest BCUT2D eigenvalue weighted by atomic mass is 10.2. The van der Waals surface area contributed by atoms with Crippen molar-refractivity contribution >= 4 is 55.4 Å². The first-order chi connectivity index (χ1) is 11.5.